The largest absolute Gasteiger partial charge is 0.396 e. The summed E-state index contributed by atoms with van der Waals surface area (Å²) in [6, 6.07) is 7.80. The summed E-state index contributed by atoms with van der Waals surface area (Å²) in [5.41, 5.74) is -0.122. The van der Waals surface area contributed by atoms with E-state index in [1.165, 1.54) is 6.33 Å². The SMILES string of the molecule is CC1(CCO)CCC(Cc2ccc(Cl)cc2)C1(O)Cn1cncn1. The van der Waals surface area contributed by atoms with E-state index in [2.05, 4.69) is 17.0 Å². The highest BCUT2D eigenvalue weighted by Crippen LogP contribution is 2.53. The van der Waals surface area contributed by atoms with Gasteiger partial charge in [-0.15, -0.1) is 0 Å². The molecule has 1 fully saturated rings. The number of benzene rings is 1. The van der Waals surface area contributed by atoms with Crippen LogP contribution in [0.25, 0.3) is 0 Å². The monoisotopic (exact) mass is 349 g/mol. The Balaban J connectivity index is 1.87. The smallest absolute Gasteiger partial charge is 0.137 e. The maximum atomic E-state index is 11.7. The molecule has 6 heteroatoms. The van der Waals surface area contributed by atoms with Crippen molar-refractivity contribution >= 4 is 11.6 Å². The van der Waals surface area contributed by atoms with Gasteiger partial charge in [-0.3, -0.25) is 4.68 Å². The van der Waals surface area contributed by atoms with Gasteiger partial charge in [-0.1, -0.05) is 30.7 Å². The first kappa shape index (κ1) is 17.4. The van der Waals surface area contributed by atoms with Gasteiger partial charge in [0.2, 0.25) is 0 Å². The van der Waals surface area contributed by atoms with Gasteiger partial charge in [-0.05, 0) is 49.3 Å². The fourth-order valence-corrected chi connectivity index (χ4v) is 4.21. The zero-order valence-electron chi connectivity index (χ0n) is 13.9. The highest BCUT2D eigenvalue weighted by atomic mass is 35.5. The molecular weight excluding hydrogens is 326 g/mol. The third kappa shape index (κ3) is 3.21. The summed E-state index contributed by atoms with van der Waals surface area (Å²) < 4.78 is 1.69. The van der Waals surface area contributed by atoms with Gasteiger partial charge >= 0.3 is 0 Å². The van der Waals surface area contributed by atoms with Crippen molar-refractivity contribution in [3.05, 3.63) is 47.5 Å². The van der Waals surface area contributed by atoms with Crippen molar-refractivity contribution in [1.82, 2.24) is 14.8 Å². The molecule has 0 spiro atoms. The lowest BCUT2D eigenvalue weighted by Gasteiger charge is -2.43. The van der Waals surface area contributed by atoms with E-state index in [-0.39, 0.29) is 17.9 Å². The van der Waals surface area contributed by atoms with Crippen LogP contribution in [0.3, 0.4) is 0 Å². The van der Waals surface area contributed by atoms with Crippen LogP contribution in [0.5, 0.6) is 0 Å². The lowest BCUT2D eigenvalue weighted by atomic mass is 9.69. The van der Waals surface area contributed by atoms with Crippen molar-refractivity contribution in [2.45, 2.75) is 44.8 Å². The predicted molar refractivity (Wildman–Crippen MR) is 92.7 cm³/mol. The maximum absolute atomic E-state index is 11.7. The topological polar surface area (TPSA) is 71.2 Å². The van der Waals surface area contributed by atoms with E-state index in [1.807, 2.05) is 24.3 Å². The highest BCUT2D eigenvalue weighted by Gasteiger charge is 2.56. The second-order valence-electron chi connectivity index (χ2n) is 7.12. The first-order valence-electron chi connectivity index (χ1n) is 8.37. The third-order valence-electron chi connectivity index (χ3n) is 5.69. The quantitative estimate of drug-likeness (QED) is 0.841. The van der Waals surface area contributed by atoms with Gasteiger partial charge in [-0.2, -0.15) is 5.10 Å². The molecule has 1 aromatic heterocycles. The molecule has 3 atom stereocenters. The van der Waals surface area contributed by atoms with E-state index < -0.39 is 5.60 Å². The van der Waals surface area contributed by atoms with Gasteiger partial charge in [0.05, 0.1) is 12.1 Å². The summed E-state index contributed by atoms with van der Waals surface area (Å²) >= 11 is 5.97. The van der Waals surface area contributed by atoms with Crippen molar-refractivity contribution in [2.24, 2.45) is 11.3 Å². The van der Waals surface area contributed by atoms with Crippen molar-refractivity contribution in [2.75, 3.05) is 6.61 Å². The molecule has 24 heavy (non-hydrogen) atoms. The molecule has 0 radical (unpaired) electrons. The summed E-state index contributed by atoms with van der Waals surface area (Å²) in [4.78, 5) is 3.98. The standard InChI is InChI=1S/C18H24ClN3O2/c1-17(8-9-23)7-6-15(10-14-2-4-16(19)5-3-14)18(17,24)11-22-13-20-12-21-22/h2-5,12-13,15,23-24H,6-11H2,1H3. The van der Waals surface area contributed by atoms with Crippen LogP contribution in [0.1, 0.15) is 31.7 Å². The summed E-state index contributed by atoms with van der Waals surface area (Å²) in [6.45, 7) is 2.54. The van der Waals surface area contributed by atoms with E-state index in [4.69, 9.17) is 11.6 Å². The molecule has 0 saturated heterocycles. The normalized spacial score (nSPS) is 29.9. The molecule has 3 rings (SSSR count). The minimum absolute atomic E-state index is 0.0732. The van der Waals surface area contributed by atoms with Gasteiger partial charge in [0.25, 0.3) is 0 Å². The van der Waals surface area contributed by atoms with Gasteiger partial charge in [0.1, 0.15) is 12.7 Å². The summed E-state index contributed by atoms with van der Waals surface area (Å²) in [7, 11) is 0. The number of hydrogen-bond donors (Lipinski definition) is 2. The van der Waals surface area contributed by atoms with Gasteiger partial charge < -0.3 is 10.2 Å². The first-order valence-corrected chi connectivity index (χ1v) is 8.75. The van der Waals surface area contributed by atoms with Gasteiger partial charge in [-0.25, -0.2) is 4.98 Å². The fraction of sp³-hybridized carbons (Fsp3) is 0.556. The van der Waals surface area contributed by atoms with Crippen LogP contribution < -0.4 is 0 Å². The Bertz CT molecular complexity index is 661. The van der Waals surface area contributed by atoms with Crippen molar-refractivity contribution < 1.29 is 10.2 Å². The molecule has 0 bridgehead atoms. The van der Waals surface area contributed by atoms with Crippen molar-refractivity contribution in [1.29, 1.82) is 0 Å². The molecule has 1 heterocycles. The van der Waals surface area contributed by atoms with E-state index in [1.54, 1.807) is 11.0 Å². The molecule has 3 unspecified atom stereocenters. The molecular formula is C18H24ClN3O2. The summed E-state index contributed by atoms with van der Waals surface area (Å²) in [6.07, 6.45) is 6.28. The Morgan fingerprint density at radius 3 is 2.71 bits per heavy atom. The Hall–Kier alpha value is -1.43. The second kappa shape index (κ2) is 6.82. The third-order valence-corrected chi connectivity index (χ3v) is 5.95. The molecule has 1 aliphatic carbocycles. The second-order valence-corrected chi connectivity index (χ2v) is 7.55. The molecule has 0 aliphatic heterocycles. The average molecular weight is 350 g/mol. The lowest BCUT2D eigenvalue weighted by Crippen LogP contribution is -2.51. The molecule has 1 saturated carbocycles. The zero-order valence-corrected chi connectivity index (χ0v) is 14.7. The Labute approximate surface area is 147 Å². The van der Waals surface area contributed by atoms with Crippen LogP contribution >= 0.6 is 11.6 Å². The van der Waals surface area contributed by atoms with Crippen LogP contribution in [-0.2, 0) is 13.0 Å². The molecule has 1 aliphatic rings. The van der Waals surface area contributed by atoms with Crippen LogP contribution in [0.2, 0.25) is 5.02 Å². The van der Waals surface area contributed by atoms with Gasteiger partial charge in [0, 0.05) is 17.0 Å². The predicted octanol–water partition coefficient (Wildman–Crippen LogP) is 2.70. The van der Waals surface area contributed by atoms with Gasteiger partial charge in [0.15, 0.2) is 0 Å². The van der Waals surface area contributed by atoms with E-state index in [0.717, 1.165) is 24.8 Å². The Kier molecular flexibility index (Phi) is 4.95. The maximum Gasteiger partial charge on any atom is 0.137 e. The average Bonchev–Trinajstić information content (AvgIpc) is 3.13. The van der Waals surface area contributed by atoms with E-state index in [0.29, 0.717) is 18.0 Å². The minimum atomic E-state index is -0.941. The Morgan fingerprint density at radius 2 is 2.08 bits per heavy atom. The number of nitrogens with zero attached hydrogens (tertiary/aromatic N) is 3. The molecule has 130 valence electrons. The molecule has 2 N–H and O–H groups in total. The number of hydrogen-bond acceptors (Lipinski definition) is 4. The van der Waals surface area contributed by atoms with E-state index >= 15 is 0 Å². The first-order chi connectivity index (χ1) is 11.5. The molecule has 1 aromatic carbocycles. The number of aliphatic hydroxyl groups is 2. The van der Waals surface area contributed by atoms with Crippen molar-refractivity contribution in [3.8, 4) is 0 Å². The number of halogens is 1. The Morgan fingerprint density at radius 1 is 1.33 bits per heavy atom. The number of aromatic nitrogens is 3. The fourth-order valence-electron chi connectivity index (χ4n) is 4.09. The minimum Gasteiger partial charge on any atom is -0.396 e. The molecule has 5 nitrogen and oxygen atoms in total. The summed E-state index contributed by atoms with van der Waals surface area (Å²) in [5, 5.41) is 26.0. The lowest BCUT2D eigenvalue weighted by molar-refractivity contribution is -0.106. The van der Waals surface area contributed by atoms with Crippen LogP contribution in [0.15, 0.2) is 36.9 Å². The summed E-state index contributed by atoms with van der Waals surface area (Å²) in [5.74, 6) is 0.0967. The zero-order chi connectivity index (χ0) is 17.2. The molecule has 2 aromatic rings. The van der Waals surface area contributed by atoms with Crippen LogP contribution in [0, 0.1) is 11.3 Å². The number of aliphatic hydroxyl groups excluding tert-OH is 1. The van der Waals surface area contributed by atoms with Crippen LogP contribution in [-0.4, -0.2) is 37.2 Å². The molecule has 0 amide bonds. The van der Waals surface area contributed by atoms with E-state index in [9.17, 15) is 10.2 Å². The van der Waals surface area contributed by atoms with Crippen molar-refractivity contribution in [3.63, 3.8) is 0 Å². The number of rotatable bonds is 6. The van der Waals surface area contributed by atoms with Crippen LogP contribution in [0.4, 0.5) is 0 Å². The highest BCUT2D eigenvalue weighted by molar-refractivity contribution is 6.30.